The van der Waals surface area contributed by atoms with Crippen molar-refractivity contribution in [2.75, 3.05) is 7.11 Å². The lowest BCUT2D eigenvalue weighted by Gasteiger charge is -2.20. The number of rotatable bonds is 6. The summed E-state index contributed by atoms with van der Waals surface area (Å²) in [7, 11) is -0.366. The Morgan fingerprint density at radius 2 is 1.61 bits per heavy atom. The van der Waals surface area contributed by atoms with Gasteiger partial charge in [-0.2, -0.15) is 0 Å². The van der Waals surface area contributed by atoms with Crippen molar-refractivity contribution in [1.29, 1.82) is 0 Å². The molecule has 3 aromatic rings. The van der Waals surface area contributed by atoms with E-state index in [1.54, 1.807) is 31.4 Å². The molecule has 1 aromatic heterocycles. The fraction of sp³-hybridized carbons (Fsp3) is 0.136. The number of methoxy groups -OCH3 is 1. The molecule has 142 valence electrons. The molecule has 0 N–H and O–H groups in total. The Kier molecular flexibility index (Phi) is 5.70. The monoisotopic (exact) mass is 390 g/mol. The molecule has 6 heteroatoms. The van der Waals surface area contributed by atoms with Crippen molar-refractivity contribution in [3.63, 3.8) is 0 Å². The first kappa shape index (κ1) is 19.5. The highest BCUT2D eigenvalue weighted by Gasteiger charge is 2.24. The second kappa shape index (κ2) is 8.18. The predicted octanol–water partition coefficient (Wildman–Crippen LogP) is 4.58. The zero-order valence-electron chi connectivity index (χ0n) is 16.1. The van der Waals surface area contributed by atoms with Crippen molar-refractivity contribution in [3.05, 3.63) is 99.9 Å². The van der Waals surface area contributed by atoms with Crippen LogP contribution in [0, 0.1) is 10.1 Å². The summed E-state index contributed by atoms with van der Waals surface area (Å²) < 4.78 is 5.27. The number of hydrogen-bond acceptors (Lipinski definition) is 4. The van der Waals surface area contributed by atoms with E-state index in [9.17, 15) is 10.1 Å². The van der Waals surface area contributed by atoms with Crippen LogP contribution in [0.15, 0.2) is 78.6 Å². The van der Waals surface area contributed by atoms with Gasteiger partial charge < -0.3 is 4.74 Å². The molecule has 0 spiro atoms. The van der Waals surface area contributed by atoms with Crippen LogP contribution < -0.4 is 10.1 Å². The van der Waals surface area contributed by atoms with Crippen LogP contribution in [-0.2, 0) is 0 Å². The molecular weight excluding hydrogens is 368 g/mol. The topological polar surface area (TPSA) is 65.3 Å². The molecule has 0 fully saturated rings. The smallest absolute Gasteiger partial charge is 0.269 e. The first-order valence-corrected chi connectivity index (χ1v) is 12.0. The van der Waals surface area contributed by atoms with Crippen LogP contribution in [0.1, 0.15) is 11.1 Å². The Balaban J connectivity index is 2.11. The van der Waals surface area contributed by atoms with Gasteiger partial charge in [0.05, 0.1) is 12.0 Å². The molecule has 5 nitrogen and oxygen atoms in total. The molecule has 0 amide bonds. The number of benzene rings is 2. The SMILES string of the molecule is COc1ccc(/C(=C\[Si](C)(C)c2ccccn2)c2ccc([N+](=O)[O-])cc2)cc1. The zero-order valence-corrected chi connectivity index (χ0v) is 17.1. The van der Waals surface area contributed by atoms with Crippen LogP contribution in [0.4, 0.5) is 5.69 Å². The molecule has 0 saturated heterocycles. The maximum Gasteiger partial charge on any atom is 0.269 e. The van der Waals surface area contributed by atoms with Gasteiger partial charge >= 0.3 is 0 Å². The molecule has 0 unspecified atom stereocenters. The minimum atomic E-state index is -2.00. The van der Waals surface area contributed by atoms with Gasteiger partial charge in [-0.15, -0.1) is 0 Å². The van der Waals surface area contributed by atoms with Crippen molar-refractivity contribution in [2.45, 2.75) is 13.1 Å². The van der Waals surface area contributed by atoms with Gasteiger partial charge in [-0.25, -0.2) is 0 Å². The minimum absolute atomic E-state index is 0.0825. The molecule has 0 radical (unpaired) electrons. The maximum atomic E-state index is 11.0. The molecule has 0 aliphatic carbocycles. The highest BCUT2D eigenvalue weighted by atomic mass is 28.3. The van der Waals surface area contributed by atoms with Gasteiger partial charge in [-0.1, -0.05) is 37.0 Å². The number of ether oxygens (including phenoxy) is 1. The van der Waals surface area contributed by atoms with E-state index in [0.717, 1.165) is 27.8 Å². The van der Waals surface area contributed by atoms with Gasteiger partial charge in [-0.05, 0) is 53.1 Å². The second-order valence-electron chi connectivity index (χ2n) is 7.03. The molecule has 0 aliphatic heterocycles. The summed E-state index contributed by atoms with van der Waals surface area (Å²) in [6, 6.07) is 20.5. The lowest BCUT2D eigenvalue weighted by atomic mass is 9.99. The zero-order chi connectivity index (χ0) is 20.1. The average molecular weight is 391 g/mol. The fourth-order valence-corrected chi connectivity index (χ4v) is 5.18. The molecule has 0 bridgehead atoms. The summed E-state index contributed by atoms with van der Waals surface area (Å²) >= 11 is 0. The Labute approximate surface area is 165 Å². The molecule has 2 aromatic carbocycles. The van der Waals surface area contributed by atoms with E-state index in [1.807, 2.05) is 42.6 Å². The van der Waals surface area contributed by atoms with E-state index in [-0.39, 0.29) is 10.6 Å². The van der Waals surface area contributed by atoms with Crippen LogP contribution in [0.2, 0.25) is 13.1 Å². The molecule has 1 heterocycles. The van der Waals surface area contributed by atoms with Crippen molar-refractivity contribution in [1.82, 2.24) is 4.98 Å². The summed E-state index contributed by atoms with van der Waals surface area (Å²) in [5, 5.41) is 12.1. The standard InChI is InChI=1S/C22H22N2O3Si/c1-27-20-13-9-18(10-14-20)21(17-7-11-19(12-8-17)24(25)26)16-28(2,3)22-6-4-5-15-23-22/h4-16H,1-3H3/b21-16-. The molecule has 0 atom stereocenters. The van der Waals surface area contributed by atoms with Crippen LogP contribution >= 0.6 is 0 Å². The van der Waals surface area contributed by atoms with E-state index in [1.165, 1.54) is 0 Å². The van der Waals surface area contributed by atoms with Crippen LogP contribution in [-0.4, -0.2) is 25.1 Å². The summed E-state index contributed by atoms with van der Waals surface area (Å²) in [6.07, 6.45) is 1.82. The van der Waals surface area contributed by atoms with Gasteiger partial charge in [-0.3, -0.25) is 15.1 Å². The number of aromatic nitrogens is 1. The highest BCUT2D eigenvalue weighted by molar-refractivity contribution is 6.94. The molecule has 3 rings (SSSR count). The van der Waals surface area contributed by atoms with E-state index in [0.29, 0.717) is 0 Å². The Morgan fingerprint density at radius 3 is 2.11 bits per heavy atom. The lowest BCUT2D eigenvalue weighted by Crippen LogP contribution is -2.41. The summed E-state index contributed by atoms with van der Waals surface area (Å²) in [5.41, 5.74) is 5.38. The highest BCUT2D eigenvalue weighted by Crippen LogP contribution is 2.28. The summed E-state index contributed by atoms with van der Waals surface area (Å²) in [4.78, 5) is 15.2. The van der Waals surface area contributed by atoms with Gasteiger partial charge in [0.1, 0.15) is 13.8 Å². The van der Waals surface area contributed by atoms with Gasteiger partial charge in [0.15, 0.2) is 0 Å². The Bertz CT molecular complexity index is 983. The van der Waals surface area contributed by atoms with Crippen molar-refractivity contribution in [3.8, 4) is 5.75 Å². The van der Waals surface area contributed by atoms with Crippen LogP contribution in [0.25, 0.3) is 5.57 Å². The number of pyridine rings is 1. The van der Waals surface area contributed by atoms with Gasteiger partial charge in [0.2, 0.25) is 0 Å². The third-order valence-electron chi connectivity index (χ3n) is 4.62. The van der Waals surface area contributed by atoms with Crippen molar-refractivity contribution in [2.24, 2.45) is 0 Å². The summed E-state index contributed by atoms with van der Waals surface area (Å²) in [6.45, 7) is 4.48. The number of nitro benzene ring substituents is 1. The van der Waals surface area contributed by atoms with Gasteiger partial charge in [0.25, 0.3) is 5.69 Å². The number of hydrogen-bond donors (Lipinski definition) is 0. The maximum absolute atomic E-state index is 11.0. The normalized spacial score (nSPS) is 11.9. The molecule has 0 saturated carbocycles. The minimum Gasteiger partial charge on any atom is -0.497 e. The van der Waals surface area contributed by atoms with Gasteiger partial charge in [0, 0.05) is 23.6 Å². The van der Waals surface area contributed by atoms with E-state index < -0.39 is 8.07 Å². The predicted molar refractivity (Wildman–Crippen MR) is 115 cm³/mol. The van der Waals surface area contributed by atoms with Crippen molar-refractivity contribution >= 4 is 24.7 Å². The van der Waals surface area contributed by atoms with Crippen molar-refractivity contribution < 1.29 is 9.66 Å². The first-order valence-electron chi connectivity index (χ1n) is 8.94. The van der Waals surface area contributed by atoms with E-state index in [4.69, 9.17) is 4.74 Å². The molecular formula is C22H22N2O3Si. The quantitative estimate of drug-likeness (QED) is 0.351. The summed E-state index contributed by atoms with van der Waals surface area (Å²) in [5.74, 6) is 0.785. The Morgan fingerprint density at radius 1 is 1.00 bits per heavy atom. The number of non-ortho nitro benzene ring substituents is 1. The van der Waals surface area contributed by atoms with Crippen LogP contribution in [0.3, 0.4) is 0 Å². The van der Waals surface area contributed by atoms with Crippen LogP contribution in [0.5, 0.6) is 5.75 Å². The fourth-order valence-electron chi connectivity index (χ4n) is 3.05. The third-order valence-corrected chi connectivity index (χ3v) is 7.25. The number of nitro groups is 1. The van der Waals surface area contributed by atoms with E-state index in [2.05, 4.69) is 29.8 Å². The lowest BCUT2D eigenvalue weighted by molar-refractivity contribution is -0.384. The largest absolute Gasteiger partial charge is 0.497 e. The molecule has 28 heavy (non-hydrogen) atoms. The van der Waals surface area contributed by atoms with E-state index >= 15 is 0 Å². The third kappa shape index (κ3) is 4.35. The second-order valence-corrected chi connectivity index (χ2v) is 11.3. The molecule has 0 aliphatic rings. The number of nitrogens with zero attached hydrogens (tertiary/aromatic N) is 2. The Hall–Kier alpha value is -3.25. The average Bonchev–Trinajstić information content (AvgIpc) is 2.73. The first-order chi connectivity index (χ1) is 13.4.